The highest BCUT2D eigenvalue weighted by Crippen LogP contribution is 2.95. The van der Waals surface area contributed by atoms with E-state index in [1.54, 1.807) is 0 Å². The zero-order chi connectivity index (χ0) is 12.9. The van der Waals surface area contributed by atoms with Crippen LogP contribution in [-0.4, -0.2) is 23.8 Å². The molecule has 9 fully saturated rings. The van der Waals surface area contributed by atoms with Gasteiger partial charge in [-0.2, -0.15) is 0 Å². The van der Waals surface area contributed by atoms with Gasteiger partial charge in [0.25, 0.3) is 0 Å². The lowest BCUT2D eigenvalue weighted by Gasteiger charge is -2.43. The molecule has 0 amide bonds. The van der Waals surface area contributed by atoms with E-state index in [0.29, 0.717) is 0 Å². The summed E-state index contributed by atoms with van der Waals surface area (Å²) in [6.07, 6.45) is -1.40. The summed E-state index contributed by atoms with van der Waals surface area (Å²) >= 11 is 0. The van der Waals surface area contributed by atoms with Gasteiger partial charge in [0.2, 0.25) is 6.29 Å². The summed E-state index contributed by atoms with van der Waals surface area (Å²) in [5.74, 6) is -6.60. The molecular weight excluding hydrogens is 333 g/mol. The fourth-order valence-electron chi connectivity index (χ4n) is 2.65. The molecule has 9 saturated heterocycles. The van der Waals surface area contributed by atoms with Crippen molar-refractivity contribution in [2.45, 2.75) is 23.8 Å². The van der Waals surface area contributed by atoms with Gasteiger partial charge in [-0.1, -0.05) is 0 Å². The Kier molecular flexibility index (Phi) is 1.36. The van der Waals surface area contributed by atoms with E-state index in [0.717, 1.165) is 0 Å². The van der Waals surface area contributed by atoms with Crippen molar-refractivity contribution in [2.75, 3.05) is 0 Å². The van der Waals surface area contributed by atoms with Crippen molar-refractivity contribution in [3.63, 3.8) is 0 Å². The highest BCUT2D eigenvalue weighted by atomic mass is 31.2. The van der Waals surface area contributed by atoms with Crippen molar-refractivity contribution in [3.05, 3.63) is 0 Å². The van der Waals surface area contributed by atoms with Crippen LogP contribution in [0, 0.1) is 0 Å². The molecule has 0 radical (unpaired) electrons. The standard InChI is InChI=1S/C4HO12P3/c5-17-8-1(9-17)2-3(12-18(6,10-2)11-2)4(14-17)15-19(7,13-3)16-4/h1H. The summed E-state index contributed by atoms with van der Waals surface area (Å²) < 4.78 is 79.9. The quantitative estimate of drug-likeness (QED) is 0.583. The Bertz CT molecular complexity index is 678. The molecule has 104 valence electrons. The molecule has 0 saturated carbocycles. The molecule has 0 aromatic heterocycles. The number of rotatable bonds is 0. The highest BCUT2D eigenvalue weighted by molar-refractivity contribution is 7.52. The smallest absolute Gasteiger partial charge is 0.250 e. The molecule has 0 aromatic carbocycles. The number of hydrogen-bond donors (Lipinski definition) is 0. The molecule has 9 aliphatic rings. The second-order valence-electron chi connectivity index (χ2n) is 4.36. The summed E-state index contributed by atoms with van der Waals surface area (Å²) in [6.45, 7) is 0. The van der Waals surface area contributed by atoms with Crippen molar-refractivity contribution in [2.24, 2.45) is 0 Å². The first-order valence-electron chi connectivity index (χ1n) is 4.88. The van der Waals surface area contributed by atoms with Gasteiger partial charge in [-0.3, -0.25) is 0 Å². The topological polar surface area (TPSA) is 134 Å². The maximum absolute atomic E-state index is 11.9. The summed E-state index contributed by atoms with van der Waals surface area (Å²) in [4.78, 5) is 0. The Balaban J connectivity index is 1.67. The zero-order valence-electron chi connectivity index (χ0n) is 8.32. The van der Waals surface area contributed by atoms with Crippen LogP contribution in [0.5, 0.6) is 0 Å². The Labute approximate surface area is 102 Å². The van der Waals surface area contributed by atoms with Crippen LogP contribution in [0.15, 0.2) is 0 Å². The average Bonchev–Trinajstić information content (AvgIpc) is 2.69. The minimum atomic E-state index is -3.99. The SMILES string of the molecule is O=P12OC(O1)C13OP(=O)(O1)OC31OP3(=O)OC1(O2)O3. The summed E-state index contributed by atoms with van der Waals surface area (Å²) in [5, 5.41) is 0. The van der Waals surface area contributed by atoms with Crippen molar-refractivity contribution in [3.8, 4) is 0 Å². The van der Waals surface area contributed by atoms with Gasteiger partial charge in [-0.25, -0.2) is 54.4 Å². The predicted molar refractivity (Wildman–Crippen MR) is 44.6 cm³/mol. The molecule has 1 unspecified atom stereocenters. The Morgan fingerprint density at radius 3 is 1.84 bits per heavy atom. The van der Waals surface area contributed by atoms with Gasteiger partial charge in [-0.15, -0.1) is 0 Å². The van der Waals surface area contributed by atoms with Gasteiger partial charge < -0.3 is 0 Å². The summed E-state index contributed by atoms with van der Waals surface area (Å²) in [7, 11) is -11.9. The van der Waals surface area contributed by atoms with E-state index in [9.17, 15) is 13.7 Å². The molecule has 19 heavy (non-hydrogen) atoms. The van der Waals surface area contributed by atoms with Gasteiger partial charge in [0.15, 0.2) is 0 Å². The van der Waals surface area contributed by atoms with E-state index in [-0.39, 0.29) is 0 Å². The van der Waals surface area contributed by atoms with Crippen LogP contribution in [0.25, 0.3) is 0 Å². The third-order valence-corrected chi connectivity index (χ3v) is 7.54. The molecular formula is C4HO12P3. The largest absolute Gasteiger partial charge is 0.486 e. The molecule has 9 rings (SSSR count). The minimum Gasteiger partial charge on any atom is -0.250 e. The van der Waals surface area contributed by atoms with Crippen LogP contribution in [0.2, 0.25) is 0 Å². The maximum atomic E-state index is 11.9. The monoisotopic (exact) mass is 334 g/mol. The first kappa shape index (κ1) is 11.0. The average molecular weight is 334 g/mol. The number of hydrogen-bond acceptors (Lipinski definition) is 12. The highest BCUT2D eigenvalue weighted by Gasteiger charge is 3.04. The summed E-state index contributed by atoms with van der Waals surface area (Å²) in [6, 6.07) is 0. The predicted octanol–water partition coefficient (Wildman–Crippen LogP) is 0.914. The third-order valence-electron chi connectivity index (χ3n) is 3.29. The van der Waals surface area contributed by atoms with Crippen molar-refractivity contribution >= 4 is 23.5 Å². The first-order chi connectivity index (χ1) is 8.76. The van der Waals surface area contributed by atoms with Gasteiger partial charge >= 0.3 is 41.0 Å². The molecule has 15 heteroatoms. The van der Waals surface area contributed by atoms with E-state index in [1.165, 1.54) is 0 Å². The zero-order valence-corrected chi connectivity index (χ0v) is 11.0. The maximum Gasteiger partial charge on any atom is 0.486 e. The van der Waals surface area contributed by atoms with E-state index < -0.39 is 47.3 Å². The normalized spacial score (nSPS) is 78.0. The number of phosphoric ester groups is 3. The fraction of sp³-hybridized carbons (Fsp3) is 1.00. The van der Waals surface area contributed by atoms with E-state index >= 15 is 0 Å². The van der Waals surface area contributed by atoms with Crippen LogP contribution in [0.4, 0.5) is 0 Å². The number of phosphoric acid groups is 3. The molecule has 1 atom stereocenters. The van der Waals surface area contributed by atoms with Crippen molar-refractivity contribution in [1.82, 2.24) is 0 Å². The second kappa shape index (κ2) is 2.36. The molecule has 3 spiro atoms. The lowest BCUT2D eigenvalue weighted by molar-refractivity contribution is -0.409. The van der Waals surface area contributed by atoms with Gasteiger partial charge in [0.1, 0.15) is 0 Å². The van der Waals surface area contributed by atoms with Crippen LogP contribution in [0.1, 0.15) is 0 Å². The first-order valence-corrected chi connectivity index (χ1v) is 9.26. The summed E-state index contributed by atoms with van der Waals surface area (Å²) in [5.41, 5.74) is 0. The van der Waals surface area contributed by atoms with Gasteiger partial charge in [-0.05, 0) is 0 Å². The molecule has 0 aliphatic carbocycles. The second-order valence-corrected chi connectivity index (χ2v) is 8.75. The van der Waals surface area contributed by atoms with Crippen molar-refractivity contribution < 1.29 is 54.4 Å². The Morgan fingerprint density at radius 2 is 1.21 bits per heavy atom. The molecule has 12 nitrogen and oxygen atoms in total. The minimum absolute atomic E-state index is 1.40. The fourth-order valence-corrected chi connectivity index (χ4v) is 7.50. The molecule has 6 bridgehead atoms. The Morgan fingerprint density at radius 1 is 0.684 bits per heavy atom. The van der Waals surface area contributed by atoms with Gasteiger partial charge in [0, 0.05) is 0 Å². The molecule has 9 aliphatic heterocycles. The van der Waals surface area contributed by atoms with Crippen LogP contribution >= 0.6 is 23.5 Å². The third kappa shape index (κ3) is 0.839. The van der Waals surface area contributed by atoms with Crippen LogP contribution < -0.4 is 0 Å². The van der Waals surface area contributed by atoms with Crippen LogP contribution in [0.3, 0.4) is 0 Å². The molecule has 0 aromatic rings. The lowest BCUT2D eigenvalue weighted by atomic mass is 10.0. The van der Waals surface area contributed by atoms with Crippen molar-refractivity contribution in [1.29, 1.82) is 0 Å². The molecule has 9 heterocycles. The van der Waals surface area contributed by atoms with E-state index in [1.807, 2.05) is 0 Å². The molecule has 0 N–H and O–H groups in total. The van der Waals surface area contributed by atoms with Gasteiger partial charge in [0.05, 0.1) is 0 Å². The lowest BCUT2D eigenvalue weighted by Crippen LogP contribution is -2.68. The van der Waals surface area contributed by atoms with Crippen LogP contribution in [-0.2, 0) is 54.4 Å². The van der Waals surface area contributed by atoms with E-state index in [4.69, 9.17) is 40.7 Å². The van der Waals surface area contributed by atoms with E-state index in [2.05, 4.69) is 0 Å². The Hall–Kier alpha value is 0.330.